The Hall–Kier alpha value is -4.11. The number of aryl methyl sites for hydroxylation is 1. The minimum Gasteiger partial charge on any atom is -0.444 e. The number of benzene rings is 2. The molecule has 0 unspecified atom stereocenters. The van der Waals surface area contributed by atoms with E-state index in [1.165, 1.54) is 11.8 Å². The van der Waals surface area contributed by atoms with Gasteiger partial charge in [-0.25, -0.2) is 4.79 Å². The van der Waals surface area contributed by atoms with E-state index in [1.54, 1.807) is 6.21 Å². The number of nitriles is 1. The van der Waals surface area contributed by atoms with E-state index in [-0.39, 0.29) is 6.61 Å². The van der Waals surface area contributed by atoms with E-state index in [0.29, 0.717) is 17.2 Å². The van der Waals surface area contributed by atoms with Gasteiger partial charge in [-0.05, 0) is 67.5 Å². The molecule has 0 aromatic heterocycles. The van der Waals surface area contributed by atoms with E-state index in [0.717, 1.165) is 48.3 Å². The van der Waals surface area contributed by atoms with Crippen LogP contribution in [0, 0.1) is 18.3 Å². The van der Waals surface area contributed by atoms with E-state index < -0.39 is 6.09 Å². The minimum atomic E-state index is -0.523. The first-order chi connectivity index (χ1) is 16.9. The molecular formula is C29H32N4O2. The van der Waals surface area contributed by atoms with Crippen molar-refractivity contribution in [1.29, 1.82) is 5.26 Å². The predicted molar refractivity (Wildman–Crippen MR) is 142 cm³/mol. The number of anilines is 1. The van der Waals surface area contributed by atoms with Crippen molar-refractivity contribution in [3.63, 3.8) is 0 Å². The summed E-state index contributed by atoms with van der Waals surface area (Å²) in [4.78, 5) is 18.6. The lowest BCUT2D eigenvalue weighted by Gasteiger charge is -2.35. The van der Waals surface area contributed by atoms with E-state index in [9.17, 15) is 4.79 Å². The van der Waals surface area contributed by atoms with Gasteiger partial charge in [0.15, 0.2) is 0 Å². The lowest BCUT2D eigenvalue weighted by atomic mass is 9.88. The summed E-state index contributed by atoms with van der Waals surface area (Å²) >= 11 is 0. The quantitative estimate of drug-likeness (QED) is 0.453. The lowest BCUT2D eigenvalue weighted by Crippen LogP contribution is -2.31. The number of hydrogen-bond donors (Lipinski definition) is 1. The number of allylic oxidation sites excluding steroid dienone is 1. The van der Waals surface area contributed by atoms with Crippen LogP contribution in [0.5, 0.6) is 0 Å². The van der Waals surface area contributed by atoms with Crippen LogP contribution in [0.25, 0.3) is 5.70 Å². The number of aliphatic imine (C=N–C) groups is 1. The summed E-state index contributed by atoms with van der Waals surface area (Å²) in [5.41, 5.74) is 6.30. The second-order valence-electron chi connectivity index (χ2n) is 8.50. The molecule has 1 amide bonds. The number of hydrogen-bond acceptors (Lipinski definition) is 5. The molecule has 35 heavy (non-hydrogen) atoms. The molecule has 1 saturated heterocycles. The van der Waals surface area contributed by atoms with Crippen LogP contribution in [0.15, 0.2) is 78.5 Å². The Bertz CT molecular complexity index is 1160. The minimum absolute atomic E-state index is 0.124. The van der Waals surface area contributed by atoms with Crippen molar-refractivity contribution in [1.82, 2.24) is 4.90 Å². The molecule has 0 atom stereocenters. The van der Waals surface area contributed by atoms with Crippen molar-refractivity contribution in [3.05, 3.63) is 95.7 Å². The number of carbonyl (C=O) groups is 1. The normalized spacial score (nSPS) is 14.4. The molecule has 1 aliphatic heterocycles. The molecular weight excluding hydrogens is 436 g/mol. The molecule has 0 spiro atoms. The van der Waals surface area contributed by atoms with Gasteiger partial charge in [-0.3, -0.25) is 10.3 Å². The Morgan fingerprint density at radius 3 is 2.60 bits per heavy atom. The molecule has 0 saturated carbocycles. The molecule has 0 aliphatic carbocycles. The van der Waals surface area contributed by atoms with Crippen molar-refractivity contribution in [2.45, 2.75) is 32.6 Å². The van der Waals surface area contributed by atoms with Crippen LogP contribution in [-0.4, -0.2) is 36.9 Å². The zero-order valence-electron chi connectivity index (χ0n) is 20.5. The van der Waals surface area contributed by atoms with Gasteiger partial charge in [0.05, 0.1) is 11.6 Å². The summed E-state index contributed by atoms with van der Waals surface area (Å²) in [6.45, 7) is 13.6. The molecule has 0 radical (unpaired) electrons. The molecule has 1 fully saturated rings. The molecule has 2 aromatic carbocycles. The third-order valence-electron chi connectivity index (χ3n) is 6.28. The number of ether oxygens (including phenoxy) is 1. The Morgan fingerprint density at radius 1 is 1.26 bits per heavy atom. The van der Waals surface area contributed by atoms with E-state index in [2.05, 4.69) is 46.6 Å². The maximum atomic E-state index is 12.4. The topological polar surface area (TPSA) is 77.7 Å². The van der Waals surface area contributed by atoms with Gasteiger partial charge in [0.25, 0.3) is 0 Å². The summed E-state index contributed by atoms with van der Waals surface area (Å²) in [6, 6.07) is 16.0. The number of piperidine rings is 1. The van der Waals surface area contributed by atoms with Crippen LogP contribution < -0.4 is 5.32 Å². The highest BCUT2D eigenvalue weighted by Crippen LogP contribution is 2.32. The van der Waals surface area contributed by atoms with Crippen molar-refractivity contribution >= 4 is 23.7 Å². The van der Waals surface area contributed by atoms with Gasteiger partial charge in [-0.2, -0.15) is 5.26 Å². The number of carbonyl (C=O) groups excluding carboxylic acids is 1. The lowest BCUT2D eigenvalue weighted by molar-refractivity contribution is 0.173. The fraction of sp³-hybridized carbons (Fsp3) is 0.276. The number of amides is 1. The molecule has 2 aromatic rings. The van der Waals surface area contributed by atoms with Crippen LogP contribution >= 0.6 is 0 Å². The fourth-order valence-corrected chi connectivity index (χ4v) is 4.07. The average Bonchev–Trinajstić information content (AvgIpc) is 2.90. The maximum Gasteiger partial charge on any atom is 0.411 e. The average molecular weight is 469 g/mol. The highest BCUT2D eigenvalue weighted by molar-refractivity contribution is 5.87. The summed E-state index contributed by atoms with van der Waals surface area (Å²) in [5, 5.41) is 11.9. The summed E-state index contributed by atoms with van der Waals surface area (Å²) in [5.74, 6) is 0.482. The highest BCUT2D eigenvalue weighted by Gasteiger charge is 2.22. The Labute approximate surface area is 207 Å². The van der Waals surface area contributed by atoms with Crippen LogP contribution in [0.3, 0.4) is 0 Å². The third-order valence-corrected chi connectivity index (χ3v) is 6.28. The van der Waals surface area contributed by atoms with Gasteiger partial charge in [0.1, 0.15) is 6.61 Å². The van der Waals surface area contributed by atoms with Gasteiger partial charge in [-0.1, -0.05) is 43.5 Å². The zero-order chi connectivity index (χ0) is 25.2. The molecule has 180 valence electrons. The number of rotatable bonds is 8. The summed E-state index contributed by atoms with van der Waals surface area (Å²) in [6.07, 6.45) is 6.40. The SMILES string of the molecule is C=CN=C/C(=C\C)COC(=O)Nc1cc(C(=C)N2CCC(c3ccc(C#N)cc3)CC2)ccc1C. The number of nitrogens with zero attached hydrogens (tertiary/aromatic N) is 3. The third kappa shape index (κ3) is 6.94. The summed E-state index contributed by atoms with van der Waals surface area (Å²) < 4.78 is 5.34. The van der Waals surface area contributed by atoms with Crippen molar-refractivity contribution in [3.8, 4) is 6.07 Å². The first kappa shape index (κ1) is 25.5. The van der Waals surface area contributed by atoms with Gasteiger partial charge < -0.3 is 9.64 Å². The fourth-order valence-electron chi connectivity index (χ4n) is 4.07. The van der Waals surface area contributed by atoms with Gasteiger partial charge >= 0.3 is 6.09 Å². The molecule has 0 bridgehead atoms. The van der Waals surface area contributed by atoms with Gasteiger partial charge in [-0.15, -0.1) is 0 Å². The Kier molecular flexibility index (Phi) is 9.02. The van der Waals surface area contributed by atoms with Crippen LogP contribution in [-0.2, 0) is 4.74 Å². The van der Waals surface area contributed by atoms with E-state index in [1.807, 2.05) is 50.3 Å². The molecule has 1 heterocycles. The second-order valence-corrected chi connectivity index (χ2v) is 8.50. The van der Waals surface area contributed by atoms with Crippen LogP contribution in [0.2, 0.25) is 0 Å². The first-order valence-electron chi connectivity index (χ1n) is 11.7. The van der Waals surface area contributed by atoms with Crippen molar-refractivity contribution in [2.24, 2.45) is 4.99 Å². The summed E-state index contributed by atoms with van der Waals surface area (Å²) in [7, 11) is 0. The molecule has 6 nitrogen and oxygen atoms in total. The molecule has 1 aliphatic rings. The standard InChI is InChI=1S/C29H32N4O2/c1-5-23(19-31-6-2)20-35-29(34)32-28-17-27(10-7-21(28)3)22(4)33-15-13-26(14-16-33)25-11-8-24(18-30)9-12-25/h5-12,17,19,26H,2,4,13-16,20H2,1,3H3,(H,32,34)/b23-5+,31-19?. The number of nitrogens with one attached hydrogen (secondary N) is 1. The largest absolute Gasteiger partial charge is 0.444 e. The smallest absolute Gasteiger partial charge is 0.411 e. The maximum absolute atomic E-state index is 12.4. The Balaban J connectivity index is 1.59. The Morgan fingerprint density at radius 2 is 1.97 bits per heavy atom. The number of likely N-dealkylation sites (tertiary alicyclic amines) is 1. The predicted octanol–water partition coefficient (Wildman–Crippen LogP) is 6.43. The van der Waals surface area contributed by atoms with Gasteiger partial charge in [0, 0.05) is 42.5 Å². The molecule has 1 N–H and O–H groups in total. The van der Waals surface area contributed by atoms with Gasteiger partial charge in [0.2, 0.25) is 0 Å². The van der Waals surface area contributed by atoms with Crippen LogP contribution in [0.1, 0.15) is 47.9 Å². The first-order valence-corrected chi connectivity index (χ1v) is 11.7. The van der Waals surface area contributed by atoms with Crippen molar-refractivity contribution in [2.75, 3.05) is 25.0 Å². The van der Waals surface area contributed by atoms with E-state index >= 15 is 0 Å². The second kappa shape index (κ2) is 12.4. The molecule has 6 heteroatoms. The highest BCUT2D eigenvalue weighted by atomic mass is 16.5. The zero-order valence-corrected chi connectivity index (χ0v) is 20.5. The van der Waals surface area contributed by atoms with E-state index in [4.69, 9.17) is 10.00 Å². The monoisotopic (exact) mass is 468 g/mol. The molecule has 3 rings (SSSR count). The van der Waals surface area contributed by atoms with Crippen LogP contribution in [0.4, 0.5) is 10.5 Å². The van der Waals surface area contributed by atoms with Crippen molar-refractivity contribution < 1.29 is 9.53 Å².